The normalized spacial score (nSPS) is 14.2. The molecule has 0 radical (unpaired) electrons. The van der Waals surface area contributed by atoms with E-state index in [1.165, 1.54) is 19.3 Å². The number of aromatic nitrogens is 4. The van der Waals surface area contributed by atoms with E-state index in [1.807, 2.05) is 30.3 Å². The summed E-state index contributed by atoms with van der Waals surface area (Å²) in [6.45, 7) is 0. The van der Waals surface area contributed by atoms with Crippen LogP contribution in [0, 0.1) is 0 Å². The minimum atomic E-state index is 0.487. The summed E-state index contributed by atoms with van der Waals surface area (Å²) in [5.74, 6) is 0.516. The second kappa shape index (κ2) is 6.80. The fraction of sp³-hybridized carbons (Fsp3) is 0.160. The van der Waals surface area contributed by atoms with E-state index in [1.54, 1.807) is 6.33 Å². The SMILES string of the molecule is Nc1ccc(-c2ccc3ccc(-c4cn(C5CCC5)c5ncnc(N)c45)cc3n2)cc1. The lowest BCUT2D eigenvalue weighted by atomic mass is 9.93. The Morgan fingerprint density at radius 2 is 1.65 bits per heavy atom. The van der Waals surface area contributed by atoms with E-state index in [-0.39, 0.29) is 0 Å². The molecule has 3 aromatic heterocycles. The fourth-order valence-corrected chi connectivity index (χ4v) is 4.37. The fourth-order valence-electron chi connectivity index (χ4n) is 4.37. The molecule has 0 spiro atoms. The van der Waals surface area contributed by atoms with Gasteiger partial charge in [0.05, 0.1) is 16.6 Å². The lowest BCUT2D eigenvalue weighted by molar-refractivity contribution is 0.320. The van der Waals surface area contributed by atoms with E-state index < -0.39 is 0 Å². The van der Waals surface area contributed by atoms with Crippen LogP contribution in [-0.2, 0) is 0 Å². The first-order chi connectivity index (χ1) is 15.2. The number of hydrogen-bond acceptors (Lipinski definition) is 5. The van der Waals surface area contributed by atoms with Crippen LogP contribution >= 0.6 is 0 Å². The third-order valence-electron chi connectivity index (χ3n) is 6.32. The minimum absolute atomic E-state index is 0.487. The number of pyridine rings is 1. The van der Waals surface area contributed by atoms with Crippen molar-refractivity contribution < 1.29 is 0 Å². The summed E-state index contributed by atoms with van der Waals surface area (Å²) in [5, 5.41) is 2.01. The smallest absolute Gasteiger partial charge is 0.146 e. The van der Waals surface area contributed by atoms with Gasteiger partial charge in [-0.05, 0) is 49.1 Å². The van der Waals surface area contributed by atoms with Crippen LogP contribution in [0.1, 0.15) is 25.3 Å². The van der Waals surface area contributed by atoms with Gasteiger partial charge in [-0.1, -0.05) is 30.3 Å². The van der Waals surface area contributed by atoms with Gasteiger partial charge < -0.3 is 16.0 Å². The van der Waals surface area contributed by atoms with Crippen LogP contribution in [0.5, 0.6) is 0 Å². The molecule has 5 aromatic rings. The molecule has 0 amide bonds. The van der Waals surface area contributed by atoms with E-state index in [0.29, 0.717) is 11.9 Å². The molecule has 6 nitrogen and oxygen atoms in total. The lowest BCUT2D eigenvalue weighted by Crippen LogP contribution is -2.16. The molecular weight excluding hydrogens is 384 g/mol. The van der Waals surface area contributed by atoms with Gasteiger partial charge in [0.2, 0.25) is 0 Å². The standard InChI is InChI=1S/C25H22N6/c26-18-9-6-15(7-10-18)21-11-8-16-4-5-17(12-22(16)30-21)20-13-31(19-2-1-3-19)25-23(20)24(27)28-14-29-25/h4-14,19H,1-3,26H2,(H2,27,28,29). The van der Waals surface area contributed by atoms with Gasteiger partial charge >= 0.3 is 0 Å². The van der Waals surface area contributed by atoms with Crippen molar-refractivity contribution in [3.8, 4) is 22.4 Å². The Balaban J connectivity index is 1.51. The number of anilines is 2. The van der Waals surface area contributed by atoms with Crippen LogP contribution in [0.25, 0.3) is 44.3 Å². The predicted octanol–water partition coefficient (Wildman–Crippen LogP) is 5.20. The first kappa shape index (κ1) is 17.9. The Hall–Kier alpha value is -3.93. The van der Waals surface area contributed by atoms with Crippen molar-refractivity contribution in [1.29, 1.82) is 0 Å². The number of nitrogens with zero attached hydrogens (tertiary/aromatic N) is 4. The second-order valence-electron chi connectivity index (χ2n) is 8.22. The first-order valence-electron chi connectivity index (χ1n) is 10.6. The van der Waals surface area contributed by atoms with Gasteiger partial charge in [0.15, 0.2) is 0 Å². The molecule has 0 saturated heterocycles. The van der Waals surface area contributed by atoms with E-state index in [2.05, 4.69) is 45.0 Å². The van der Waals surface area contributed by atoms with Crippen molar-refractivity contribution in [3.63, 3.8) is 0 Å². The van der Waals surface area contributed by atoms with Gasteiger partial charge in [0.1, 0.15) is 17.8 Å². The molecule has 3 heterocycles. The Morgan fingerprint density at radius 3 is 2.42 bits per heavy atom. The van der Waals surface area contributed by atoms with Crippen molar-refractivity contribution in [1.82, 2.24) is 19.5 Å². The topological polar surface area (TPSA) is 95.6 Å². The average Bonchev–Trinajstić information content (AvgIpc) is 3.13. The van der Waals surface area contributed by atoms with Gasteiger partial charge in [-0.15, -0.1) is 0 Å². The minimum Gasteiger partial charge on any atom is -0.399 e. The van der Waals surface area contributed by atoms with Gasteiger partial charge in [-0.25, -0.2) is 15.0 Å². The summed E-state index contributed by atoms with van der Waals surface area (Å²) < 4.78 is 2.27. The van der Waals surface area contributed by atoms with E-state index in [4.69, 9.17) is 16.5 Å². The van der Waals surface area contributed by atoms with E-state index >= 15 is 0 Å². The van der Waals surface area contributed by atoms with Crippen molar-refractivity contribution in [2.45, 2.75) is 25.3 Å². The summed E-state index contributed by atoms with van der Waals surface area (Å²) in [5.41, 5.74) is 18.8. The predicted molar refractivity (Wildman–Crippen MR) is 125 cm³/mol. The molecule has 0 bridgehead atoms. The maximum absolute atomic E-state index is 6.30. The van der Waals surface area contributed by atoms with Crippen LogP contribution in [-0.4, -0.2) is 19.5 Å². The zero-order valence-electron chi connectivity index (χ0n) is 17.0. The highest BCUT2D eigenvalue weighted by atomic mass is 15.1. The van der Waals surface area contributed by atoms with Gasteiger partial charge in [0.25, 0.3) is 0 Å². The molecule has 1 aliphatic carbocycles. The summed E-state index contributed by atoms with van der Waals surface area (Å²) in [7, 11) is 0. The van der Waals surface area contributed by atoms with E-state index in [0.717, 1.165) is 50.0 Å². The molecule has 6 rings (SSSR count). The summed E-state index contributed by atoms with van der Waals surface area (Å²) in [6.07, 6.45) is 7.35. The number of nitrogen functional groups attached to an aromatic ring is 2. The van der Waals surface area contributed by atoms with Crippen molar-refractivity contribution >= 4 is 33.4 Å². The molecule has 1 saturated carbocycles. The Labute approximate surface area is 179 Å². The second-order valence-corrected chi connectivity index (χ2v) is 8.22. The molecule has 6 heteroatoms. The molecule has 152 valence electrons. The number of rotatable bonds is 3. The summed E-state index contributed by atoms with van der Waals surface area (Å²) in [6, 6.07) is 18.8. The molecule has 4 N–H and O–H groups in total. The molecule has 31 heavy (non-hydrogen) atoms. The number of hydrogen-bond donors (Lipinski definition) is 2. The third-order valence-corrected chi connectivity index (χ3v) is 6.32. The van der Waals surface area contributed by atoms with Gasteiger partial charge in [-0.2, -0.15) is 0 Å². The largest absolute Gasteiger partial charge is 0.399 e. The molecule has 1 aliphatic rings. The number of fused-ring (bicyclic) bond motifs is 2. The first-order valence-corrected chi connectivity index (χ1v) is 10.6. The zero-order valence-corrected chi connectivity index (χ0v) is 17.0. The van der Waals surface area contributed by atoms with Crippen LogP contribution in [0.15, 0.2) is 67.1 Å². The monoisotopic (exact) mass is 406 g/mol. The van der Waals surface area contributed by atoms with Gasteiger partial charge in [-0.3, -0.25) is 0 Å². The van der Waals surface area contributed by atoms with Crippen LogP contribution in [0.3, 0.4) is 0 Å². The van der Waals surface area contributed by atoms with Crippen LogP contribution in [0.4, 0.5) is 11.5 Å². The summed E-state index contributed by atoms with van der Waals surface area (Å²) >= 11 is 0. The maximum Gasteiger partial charge on any atom is 0.146 e. The van der Waals surface area contributed by atoms with E-state index in [9.17, 15) is 0 Å². The Morgan fingerprint density at radius 1 is 0.871 bits per heavy atom. The molecule has 2 aromatic carbocycles. The summed E-state index contributed by atoms with van der Waals surface area (Å²) in [4.78, 5) is 13.7. The molecule has 0 unspecified atom stereocenters. The van der Waals surface area contributed by atoms with Crippen molar-refractivity contribution in [2.24, 2.45) is 0 Å². The highest BCUT2D eigenvalue weighted by molar-refractivity contribution is 6.02. The Kier molecular flexibility index (Phi) is 3.93. The van der Waals surface area contributed by atoms with Crippen molar-refractivity contribution in [3.05, 3.63) is 67.1 Å². The molecule has 0 atom stereocenters. The van der Waals surface area contributed by atoms with Crippen LogP contribution in [0.2, 0.25) is 0 Å². The highest BCUT2D eigenvalue weighted by Gasteiger charge is 2.24. The zero-order chi connectivity index (χ0) is 20.9. The highest BCUT2D eigenvalue weighted by Crippen LogP contribution is 2.40. The quantitative estimate of drug-likeness (QED) is 0.401. The number of benzene rings is 2. The molecule has 1 fully saturated rings. The molecule has 0 aliphatic heterocycles. The van der Waals surface area contributed by atoms with Gasteiger partial charge in [0, 0.05) is 34.4 Å². The van der Waals surface area contributed by atoms with Crippen molar-refractivity contribution in [2.75, 3.05) is 11.5 Å². The Bertz CT molecular complexity index is 1430. The third kappa shape index (κ3) is 2.91. The number of nitrogens with two attached hydrogens (primary N) is 2. The average molecular weight is 406 g/mol. The molecular formula is C25H22N6. The lowest BCUT2D eigenvalue weighted by Gasteiger charge is -2.27. The maximum atomic E-state index is 6.30. The van der Waals surface area contributed by atoms with Crippen LogP contribution < -0.4 is 11.5 Å².